The molecule has 0 atom stereocenters. The summed E-state index contributed by atoms with van der Waals surface area (Å²) in [6.45, 7) is 3.36. The molecular weight excluding hydrogens is 368 g/mol. The topological polar surface area (TPSA) is 27.1 Å². The minimum Gasteiger partial charge on any atom is -0.492 e. The molecule has 140 valence electrons. The van der Waals surface area contributed by atoms with Gasteiger partial charge in [-0.25, -0.2) is 4.98 Å². The van der Waals surface area contributed by atoms with Crippen LogP contribution in [-0.2, 0) is 6.54 Å². The molecule has 1 aromatic heterocycles. The van der Waals surface area contributed by atoms with Gasteiger partial charge in [0.2, 0.25) is 0 Å². The van der Waals surface area contributed by atoms with E-state index in [4.69, 9.17) is 21.3 Å². The molecule has 0 amide bonds. The van der Waals surface area contributed by atoms with E-state index < -0.39 is 0 Å². The molecule has 0 saturated carbocycles. The van der Waals surface area contributed by atoms with Crippen LogP contribution in [0.5, 0.6) is 5.75 Å². The lowest BCUT2D eigenvalue weighted by Crippen LogP contribution is -2.09. The monoisotopic (exact) mass is 388 g/mol. The van der Waals surface area contributed by atoms with Crippen molar-refractivity contribution in [1.82, 2.24) is 9.55 Å². The van der Waals surface area contributed by atoms with E-state index in [1.807, 2.05) is 60.7 Å². The SMILES string of the molecule is Cc1ccc(OCCn2c(/C=C/c3ccc(Cl)cc3)nc3ccccc32)cc1. The van der Waals surface area contributed by atoms with Crippen LogP contribution in [0.3, 0.4) is 0 Å². The van der Waals surface area contributed by atoms with Crippen molar-refractivity contribution >= 4 is 34.8 Å². The zero-order chi connectivity index (χ0) is 19.3. The second-order valence-corrected chi connectivity index (χ2v) is 7.09. The lowest BCUT2D eigenvalue weighted by atomic mass is 10.2. The van der Waals surface area contributed by atoms with Crippen molar-refractivity contribution in [3.05, 3.63) is 94.8 Å². The van der Waals surface area contributed by atoms with Crippen molar-refractivity contribution in [2.75, 3.05) is 6.61 Å². The Morgan fingerprint density at radius 3 is 2.46 bits per heavy atom. The molecule has 0 aliphatic carbocycles. The van der Waals surface area contributed by atoms with Gasteiger partial charge in [-0.3, -0.25) is 0 Å². The van der Waals surface area contributed by atoms with E-state index in [9.17, 15) is 0 Å². The highest BCUT2D eigenvalue weighted by atomic mass is 35.5. The van der Waals surface area contributed by atoms with Crippen molar-refractivity contribution < 1.29 is 4.74 Å². The van der Waals surface area contributed by atoms with E-state index in [0.29, 0.717) is 13.2 Å². The van der Waals surface area contributed by atoms with Crippen LogP contribution >= 0.6 is 11.6 Å². The van der Waals surface area contributed by atoms with E-state index in [0.717, 1.165) is 33.2 Å². The summed E-state index contributed by atoms with van der Waals surface area (Å²) < 4.78 is 8.12. The summed E-state index contributed by atoms with van der Waals surface area (Å²) in [5, 5.41) is 0.734. The Bertz CT molecular complexity index is 1100. The van der Waals surface area contributed by atoms with Crippen molar-refractivity contribution in [2.24, 2.45) is 0 Å². The maximum absolute atomic E-state index is 5.97. The molecule has 1 heterocycles. The van der Waals surface area contributed by atoms with Crippen LogP contribution in [0.4, 0.5) is 0 Å². The first-order chi connectivity index (χ1) is 13.7. The van der Waals surface area contributed by atoms with Crippen LogP contribution in [0, 0.1) is 6.92 Å². The molecule has 0 radical (unpaired) electrons. The molecule has 28 heavy (non-hydrogen) atoms. The molecule has 3 nitrogen and oxygen atoms in total. The molecule has 3 aromatic carbocycles. The minimum absolute atomic E-state index is 0.575. The van der Waals surface area contributed by atoms with E-state index in [-0.39, 0.29) is 0 Å². The van der Waals surface area contributed by atoms with Gasteiger partial charge in [0.1, 0.15) is 18.2 Å². The molecule has 4 aromatic rings. The molecule has 0 spiro atoms. The summed E-state index contributed by atoms with van der Waals surface area (Å²) in [6, 6.07) is 24.1. The Kier molecular flexibility index (Phi) is 5.45. The number of halogens is 1. The molecule has 0 fully saturated rings. The molecule has 4 rings (SSSR count). The molecular formula is C24H21ClN2O. The molecule has 0 aliphatic heterocycles. The molecule has 0 aliphatic rings. The maximum Gasteiger partial charge on any atom is 0.133 e. The van der Waals surface area contributed by atoms with Gasteiger partial charge in [-0.1, -0.05) is 59.6 Å². The number of hydrogen-bond donors (Lipinski definition) is 0. The Balaban J connectivity index is 1.56. The van der Waals surface area contributed by atoms with Crippen LogP contribution in [-0.4, -0.2) is 16.2 Å². The fraction of sp³-hybridized carbons (Fsp3) is 0.125. The highest BCUT2D eigenvalue weighted by Crippen LogP contribution is 2.19. The van der Waals surface area contributed by atoms with Gasteiger partial charge in [-0.15, -0.1) is 0 Å². The lowest BCUT2D eigenvalue weighted by molar-refractivity contribution is 0.299. The Morgan fingerprint density at radius 2 is 1.68 bits per heavy atom. The second-order valence-electron chi connectivity index (χ2n) is 6.66. The lowest BCUT2D eigenvalue weighted by Gasteiger charge is -2.10. The normalized spacial score (nSPS) is 11.4. The average molecular weight is 389 g/mol. The maximum atomic E-state index is 5.97. The van der Waals surface area contributed by atoms with Crippen molar-refractivity contribution in [1.29, 1.82) is 0 Å². The first kappa shape index (κ1) is 18.3. The summed E-state index contributed by atoms with van der Waals surface area (Å²) in [5.41, 5.74) is 4.39. The summed E-state index contributed by atoms with van der Waals surface area (Å²) in [4.78, 5) is 4.78. The van der Waals surface area contributed by atoms with Crippen LogP contribution in [0.2, 0.25) is 5.02 Å². The van der Waals surface area contributed by atoms with Crippen molar-refractivity contribution in [2.45, 2.75) is 13.5 Å². The van der Waals surface area contributed by atoms with Gasteiger partial charge < -0.3 is 9.30 Å². The number of benzene rings is 3. The van der Waals surface area contributed by atoms with E-state index >= 15 is 0 Å². The molecule has 0 bridgehead atoms. The first-order valence-corrected chi connectivity index (χ1v) is 9.65. The van der Waals surface area contributed by atoms with E-state index in [1.54, 1.807) is 0 Å². The van der Waals surface area contributed by atoms with Gasteiger partial charge in [0, 0.05) is 5.02 Å². The van der Waals surface area contributed by atoms with Gasteiger partial charge in [-0.2, -0.15) is 0 Å². The molecule has 4 heteroatoms. The quantitative estimate of drug-likeness (QED) is 0.390. The Hall–Kier alpha value is -3.04. The largest absolute Gasteiger partial charge is 0.492 e. The minimum atomic E-state index is 0.575. The summed E-state index contributed by atoms with van der Waals surface area (Å²) >= 11 is 5.97. The Labute approximate surface area is 169 Å². The number of fused-ring (bicyclic) bond motifs is 1. The first-order valence-electron chi connectivity index (χ1n) is 9.27. The van der Waals surface area contributed by atoms with Crippen LogP contribution in [0.15, 0.2) is 72.8 Å². The predicted octanol–water partition coefficient (Wildman–Crippen LogP) is 6.25. The van der Waals surface area contributed by atoms with Crippen LogP contribution in [0.1, 0.15) is 17.0 Å². The molecule has 0 saturated heterocycles. The summed E-state index contributed by atoms with van der Waals surface area (Å²) in [6.07, 6.45) is 4.09. The molecule has 0 unspecified atom stereocenters. The highest BCUT2D eigenvalue weighted by molar-refractivity contribution is 6.30. The smallest absolute Gasteiger partial charge is 0.133 e. The van der Waals surface area contributed by atoms with Crippen LogP contribution < -0.4 is 4.74 Å². The number of para-hydroxylation sites is 2. The second kappa shape index (κ2) is 8.32. The summed E-state index contributed by atoms with van der Waals surface area (Å²) in [7, 11) is 0. The number of rotatable bonds is 6. The predicted molar refractivity (Wildman–Crippen MR) is 117 cm³/mol. The van der Waals surface area contributed by atoms with E-state index in [2.05, 4.69) is 35.8 Å². The zero-order valence-electron chi connectivity index (χ0n) is 15.7. The zero-order valence-corrected chi connectivity index (χ0v) is 16.4. The number of ether oxygens (including phenoxy) is 1. The third kappa shape index (κ3) is 4.26. The third-order valence-electron chi connectivity index (χ3n) is 4.58. The van der Waals surface area contributed by atoms with E-state index in [1.165, 1.54) is 5.56 Å². The number of imidazole rings is 1. The number of aromatic nitrogens is 2. The van der Waals surface area contributed by atoms with Gasteiger partial charge in [-0.05, 0) is 55.0 Å². The number of nitrogens with zero attached hydrogens (tertiary/aromatic N) is 2. The van der Waals surface area contributed by atoms with Crippen molar-refractivity contribution in [3.8, 4) is 5.75 Å². The van der Waals surface area contributed by atoms with Gasteiger partial charge >= 0.3 is 0 Å². The summed E-state index contributed by atoms with van der Waals surface area (Å²) in [5.74, 6) is 1.79. The van der Waals surface area contributed by atoms with Gasteiger partial charge in [0.25, 0.3) is 0 Å². The Morgan fingerprint density at radius 1 is 0.929 bits per heavy atom. The fourth-order valence-corrected chi connectivity index (χ4v) is 3.22. The van der Waals surface area contributed by atoms with Crippen molar-refractivity contribution in [3.63, 3.8) is 0 Å². The van der Waals surface area contributed by atoms with Gasteiger partial charge in [0.05, 0.1) is 17.6 Å². The molecule has 0 N–H and O–H groups in total. The standard InChI is InChI=1S/C24H21ClN2O/c1-18-6-13-21(14-7-18)28-17-16-27-23-5-3-2-4-22(23)26-24(27)15-10-19-8-11-20(25)12-9-19/h2-15H,16-17H2,1H3/b15-10+. The van der Waals surface area contributed by atoms with Crippen LogP contribution in [0.25, 0.3) is 23.2 Å². The number of hydrogen-bond acceptors (Lipinski definition) is 2. The highest BCUT2D eigenvalue weighted by Gasteiger charge is 2.08. The third-order valence-corrected chi connectivity index (χ3v) is 4.84. The average Bonchev–Trinajstić information content (AvgIpc) is 3.07. The number of aryl methyl sites for hydroxylation is 1. The van der Waals surface area contributed by atoms with Gasteiger partial charge in [0.15, 0.2) is 0 Å². The fourth-order valence-electron chi connectivity index (χ4n) is 3.09.